The van der Waals surface area contributed by atoms with Gasteiger partial charge >= 0.3 is 42.3 Å². The van der Waals surface area contributed by atoms with Crippen LogP contribution in [0.2, 0.25) is 0 Å². The van der Waals surface area contributed by atoms with Crippen molar-refractivity contribution in [1.29, 1.82) is 0 Å². The van der Waals surface area contributed by atoms with Crippen molar-refractivity contribution < 1.29 is 58.3 Å². The Kier molecular flexibility index (Phi) is 9.92. The molecule has 0 saturated heterocycles. The van der Waals surface area contributed by atoms with Gasteiger partial charge in [-0.3, -0.25) is 28.8 Å². The number of hydrogen-bond acceptors (Lipinski definition) is 9. The number of carbonyl (C=O) groups excluding carboxylic acids is 3. The molecular weight excluding hydrogens is 348 g/mol. The van der Waals surface area contributed by atoms with E-state index in [9.17, 15) is 28.8 Å². The van der Waals surface area contributed by atoms with Crippen LogP contribution in [-0.4, -0.2) is 57.6 Å². The molecule has 3 N–H and O–H groups in total. The first-order valence-electron chi connectivity index (χ1n) is 6.84. The molecule has 25 heavy (non-hydrogen) atoms. The maximum atomic E-state index is 11.4. The predicted octanol–water partition coefficient (Wildman–Crippen LogP) is -0.506. The highest BCUT2D eigenvalue weighted by Gasteiger charge is 2.24. The molecule has 0 spiro atoms. The summed E-state index contributed by atoms with van der Waals surface area (Å²) in [5, 5.41) is 25.3. The second-order valence-corrected chi connectivity index (χ2v) is 4.44. The molecule has 0 aliphatic rings. The van der Waals surface area contributed by atoms with Crippen LogP contribution >= 0.6 is 0 Å². The average Bonchev–Trinajstić information content (AvgIpc) is 2.48. The zero-order valence-electron chi connectivity index (χ0n) is 12.8. The molecule has 140 valence electrons. The lowest BCUT2D eigenvalue weighted by Crippen LogP contribution is -2.30. The van der Waals surface area contributed by atoms with Crippen molar-refractivity contribution in [2.45, 2.75) is 45.0 Å². The summed E-state index contributed by atoms with van der Waals surface area (Å²) in [6.45, 7) is -2.18. The number of aliphatic carboxylic acids is 3. The fourth-order valence-electron chi connectivity index (χ4n) is 1.20. The van der Waals surface area contributed by atoms with Crippen LogP contribution in [0.25, 0.3) is 0 Å². The van der Waals surface area contributed by atoms with E-state index in [4.69, 9.17) is 15.3 Å². The number of carboxylic acid groups (broad SMARTS) is 3. The first-order chi connectivity index (χ1) is 11.6. The van der Waals surface area contributed by atoms with Crippen LogP contribution in [0.3, 0.4) is 0 Å². The molecule has 0 atom stereocenters. The van der Waals surface area contributed by atoms with Crippen molar-refractivity contribution >= 4 is 35.8 Å². The summed E-state index contributed by atoms with van der Waals surface area (Å²) in [5.74, 6) is -7.39. The van der Waals surface area contributed by atoms with Gasteiger partial charge in [0.1, 0.15) is 0 Å². The van der Waals surface area contributed by atoms with Gasteiger partial charge in [0.25, 0.3) is 0 Å². The van der Waals surface area contributed by atoms with Crippen molar-refractivity contribution in [3.63, 3.8) is 0 Å². The first-order valence-corrected chi connectivity index (χ1v) is 6.84. The third-order valence-corrected chi connectivity index (χ3v) is 2.31. The Bertz CT molecular complexity index is 461. The van der Waals surface area contributed by atoms with Crippen LogP contribution in [0.1, 0.15) is 38.5 Å². The fourth-order valence-corrected chi connectivity index (χ4v) is 1.20. The minimum absolute atomic E-state index is 0.592. The van der Waals surface area contributed by atoms with E-state index in [0.717, 1.165) is 0 Å². The van der Waals surface area contributed by atoms with Gasteiger partial charge in [-0.25, -0.2) is 0 Å². The number of carboxylic acids is 3. The second-order valence-electron chi connectivity index (χ2n) is 4.44. The van der Waals surface area contributed by atoms with Crippen molar-refractivity contribution in [3.05, 3.63) is 0 Å². The van der Waals surface area contributed by atoms with Gasteiger partial charge in [0.2, 0.25) is 0 Å². The van der Waals surface area contributed by atoms with Crippen LogP contribution in [0.15, 0.2) is 0 Å². The molecule has 12 heteroatoms. The summed E-state index contributed by atoms with van der Waals surface area (Å²) in [6, 6.07) is 0. The smallest absolute Gasteiger partial charge is 0.412 e. The van der Waals surface area contributed by atoms with Gasteiger partial charge < -0.3 is 29.5 Å². The van der Waals surface area contributed by atoms with Crippen LogP contribution in [0.5, 0.6) is 0 Å². The van der Waals surface area contributed by atoms with Gasteiger partial charge in [-0.2, -0.15) is 0 Å². The molecule has 0 aromatic heterocycles. The molecule has 0 saturated carbocycles. The molecule has 0 heterocycles. The fraction of sp³-hybridized carbons (Fsp3) is 0.538. The highest BCUT2D eigenvalue weighted by atomic mass is 16.9. The quantitative estimate of drug-likeness (QED) is 0.297. The first kappa shape index (κ1) is 21.8. The summed E-state index contributed by atoms with van der Waals surface area (Å²) in [5.41, 5.74) is 0. The SMILES string of the molecule is O=C(O)CCC(=O)OC(OC(=O)CCC(=O)O)OC(=O)CCC(=O)O. The van der Waals surface area contributed by atoms with Gasteiger partial charge in [0.15, 0.2) is 0 Å². The molecule has 0 aromatic rings. The number of rotatable bonds is 12. The summed E-state index contributed by atoms with van der Waals surface area (Å²) in [7, 11) is 0. The molecule has 0 radical (unpaired) electrons. The molecule has 12 nitrogen and oxygen atoms in total. The molecule has 0 unspecified atom stereocenters. The minimum atomic E-state index is -2.18. The Balaban J connectivity index is 4.67. The van der Waals surface area contributed by atoms with Gasteiger partial charge in [0.05, 0.1) is 38.5 Å². The number of esters is 3. The molecule has 0 rings (SSSR count). The topological polar surface area (TPSA) is 191 Å². The van der Waals surface area contributed by atoms with Crippen LogP contribution in [-0.2, 0) is 43.0 Å². The summed E-state index contributed by atoms with van der Waals surface area (Å²) < 4.78 is 13.4. The van der Waals surface area contributed by atoms with Crippen LogP contribution in [0.4, 0.5) is 0 Å². The van der Waals surface area contributed by atoms with E-state index in [1.807, 2.05) is 0 Å². The summed E-state index contributed by atoms with van der Waals surface area (Å²) in [6.07, 6.45) is -3.59. The lowest BCUT2D eigenvalue weighted by Gasteiger charge is -2.17. The lowest BCUT2D eigenvalue weighted by molar-refractivity contribution is -0.258. The standard InChI is InChI=1S/C13H16O12/c14-7(15)1-4-10(20)23-13(24-11(21)5-2-8(16)17)25-12(22)6-3-9(18)19/h13H,1-6H2,(H,14,15)(H,16,17)(H,18,19). The van der Waals surface area contributed by atoms with E-state index < -0.39 is 80.8 Å². The second kappa shape index (κ2) is 11.4. The molecule has 0 bridgehead atoms. The normalized spacial score (nSPS) is 9.96. The Morgan fingerprint density at radius 3 is 0.960 bits per heavy atom. The highest BCUT2D eigenvalue weighted by molar-refractivity contribution is 5.79. The summed E-state index contributed by atoms with van der Waals surface area (Å²) in [4.78, 5) is 65.3. The van der Waals surface area contributed by atoms with E-state index in [-0.39, 0.29) is 0 Å². The lowest BCUT2D eigenvalue weighted by atomic mass is 10.3. The van der Waals surface area contributed by atoms with E-state index in [2.05, 4.69) is 14.2 Å². The molecule has 0 aliphatic carbocycles. The maximum Gasteiger partial charge on any atom is 0.412 e. The average molecular weight is 364 g/mol. The Hall–Kier alpha value is -3.18. The van der Waals surface area contributed by atoms with Crippen molar-refractivity contribution in [1.82, 2.24) is 0 Å². The molecule has 0 aliphatic heterocycles. The number of carbonyl (C=O) groups is 6. The Morgan fingerprint density at radius 1 is 0.520 bits per heavy atom. The van der Waals surface area contributed by atoms with Crippen LogP contribution < -0.4 is 0 Å². The molecule has 0 aromatic carbocycles. The maximum absolute atomic E-state index is 11.4. The van der Waals surface area contributed by atoms with Gasteiger partial charge in [-0.1, -0.05) is 0 Å². The van der Waals surface area contributed by atoms with Crippen molar-refractivity contribution in [2.75, 3.05) is 0 Å². The molecule has 0 fully saturated rings. The number of hydrogen-bond donors (Lipinski definition) is 3. The summed E-state index contributed by atoms with van der Waals surface area (Å²) >= 11 is 0. The third kappa shape index (κ3) is 13.0. The van der Waals surface area contributed by atoms with Crippen molar-refractivity contribution in [3.8, 4) is 0 Å². The van der Waals surface area contributed by atoms with E-state index >= 15 is 0 Å². The zero-order chi connectivity index (χ0) is 19.4. The largest absolute Gasteiger partial charge is 0.481 e. The Labute approximate surface area is 140 Å². The van der Waals surface area contributed by atoms with Gasteiger partial charge in [-0.15, -0.1) is 0 Å². The Morgan fingerprint density at radius 2 is 0.760 bits per heavy atom. The van der Waals surface area contributed by atoms with Crippen LogP contribution in [0, 0.1) is 0 Å². The zero-order valence-corrected chi connectivity index (χ0v) is 12.8. The third-order valence-electron chi connectivity index (χ3n) is 2.31. The molecule has 0 amide bonds. The van der Waals surface area contributed by atoms with E-state index in [1.165, 1.54) is 0 Å². The van der Waals surface area contributed by atoms with Gasteiger partial charge in [-0.05, 0) is 0 Å². The van der Waals surface area contributed by atoms with Gasteiger partial charge in [0, 0.05) is 0 Å². The minimum Gasteiger partial charge on any atom is -0.481 e. The predicted molar refractivity (Wildman–Crippen MR) is 72.7 cm³/mol. The highest BCUT2D eigenvalue weighted by Crippen LogP contribution is 2.07. The van der Waals surface area contributed by atoms with Crippen molar-refractivity contribution in [2.24, 2.45) is 0 Å². The number of ether oxygens (including phenoxy) is 3. The monoisotopic (exact) mass is 364 g/mol. The molecular formula is C13H16O12. The van der Waals surface area contributed by atoms with E-state index in [0.29, 0.717) is 0 Å². The van der Waals surface area contributed by atoms with E-state index in [1.54, 1.807) is 0 Å².